The number of hydrogen-bond donors (Lipinski definition) is 3. The Morgan fingerprint density at radius 1 is 1.26 bits per heavy atom. The van der Waals surface area contributed by atoms with Gasteiger partial charge in [0.1, 0.15) is 0 Å². The molecule has 1 aromatic carbocycles. The Balaban J connectivity index is 2.50. The van der Waals surface area contributed by atoms with Gasteiger partial charge in [0.05, 0.1) is 18.1 Å². The van der Waals surface area contributed by atoms with Crippen LogP contribution in [0.15, 0.2) is 30.3 Å². The monoisotopic (exact) mass is 265 g/mol. The van der Waals surface area contributed by atoms with Crippen molar-refractivity contribution in [3.8, 4) is 0 Å². The fourth-order valence-electron chi connectivity index (χ4n) is 3.28. The van der Waals surface area contributed by atoms with E-state index in [-0.39, 0.29) is 25.2 Å². The summed E-state index contributed by atoms with van der Waals surface area (Å²) in [5, 5.41) is 30.4. The maximum Gasteiger partial charge on any atom is 0.0815 e. The first-order chi connectivity index (χ1) is 9.07. The molecule has 0 radical (unpaired) electrons. The molecule has 0 bridgehead atoms. The molecule has 4 atom stereocenters. The van der Waals surface area contributed by atoms with Gasteiger partial charge in [0.2, 0.25) is 0 Å². The van der Waals surface area contributed by atoms with Gasteiger partial charge in [-0.3, -0.25) is 0 Å². The molecule has 0 amide bonds. The molecular weight excluding hydrogens is 242 g/mol. The summed E-state index contributed by atoms with van der Waals surface area (Å²) >= 11 is 0. The second-order valence-corrected chi connectivity index (χ2v) is 5.57. The lowest BCUT2D eigenvalue weighted by atomic mass is 9.63. The highest BCUT2D eigenvalue weighted by atomic mass is 16.3. The molecule has 0 aromatic heterocycles. The van der Waals surface area contributed by atoms with Gasteiger partial charge in [-0.15, -0.1) is 0 Å². The van der Waals surface area contributed by atoms with E-state index in [4.69, 9.17) is 0 Å². The van der Waals surface area contributed by atoms with E-state index in [0.717, 1.165) is 5.56 Å². The van der Waals surface area contributed by atoms with Gasteiger partial charge in [-0.1, -0.05) is 30.3 Å². The number of piperidine rings is 1. The maximum atomic E-state index is 10.7. The Labute approximate surface area is 114 Å². The molecule has 1 aliphatic rings. The van der Waals surface area contributed by atoms with E-state index in [2.05, 4.69) is 0 Å². The number of likely N-dealkylation sites (N-methyl/N-ethyl adjacent to an activating group) is 1. The lowest BCUT2D eigenvalue weighted by molar-refractivity contribution is -0.0986. The molecule has 1 aliphatic heterocycles. The van der Waals surface area contributed by atoms with Crippen LogP contribution in [0.4, 0.5) is 0 Å². The summed E-state index contributed by atoms with van der Waals surface area (Å²) in [6.45, 7) is 2.39. The Bertz CT molecular complexity index is 407. The number of likely N-dealkylation sites (tertiary alicyclic amines) is 1. The summed E-state index contributed by atoms with van der Waals surface area (Å²) in [5.74, 6) is -0.184. The van der Waals surface area contributed by atoms with Crippen molar-refractivity contribution in [3.63, 3.8) is 0 Å². The molecule has 0 saturated carbocycles. The van der Waals surface area contributed by atoms with Crippen LogP contribution in [0.5, 0.6) is 0 Å². The summed E-state index contributed by atoms with van der Waals surface area (Å²) in [6.07, 6.45) is -0.712. The molecule has 19 heavy (non-hydrogen) atoms. The molecule has 1 saturated heterocycles. The van der Waals surface area contributed by atoms with Crippen LogP contribution in [0.1, 0.15) is 12.5 Å². The van der Waals surface area contributed by atoms with E-state index in [1.54, 1.807) is 0 Å². The first-order valence-corrected chi connectivity index (χ1v) is 6.73. The molecule has 4 unspecified atom stereocenters. The van der Waals surface area contributed by atoms with Crippen molar-refractivity contribution in [3.05, 3.63) is 35.9 Å². The molecular formula is C15H23NO3. The molecule has 1 fully saturated rings. The zero-order valence-corrected chi connectivity index (χ0v) is 11.5. The molecule has 0 spiro atoms. The normalized spacial score (nSPS) is 36.4. The summed E-state index contributed by atoms with van der Waals surface area (Å²) < 4.78 is 0. The van der Waals surface area contributed by atoms with Crippen molar-refractivity contribution in [1.82, 2.24) is 4.90 Å². The van der Waals surface area contributed by atoms with Crippen molar-refractivity contribution in [2.24, 2.45) is 5.92 Å². The predicted octanol–water partition coefficient (Wildman–Crippen LogP) is 0.220. The van der Waals surface area contributed by atoms with Gasteiger partial charge in [-0.05, 0) is 19.5 Å². The van der Waals surface area contributed by atoms with E-state index in [1.807, 2.05) is 49.2 Å². The van der Waals surface area contributed by atoms with E-state index < -0.39 is 11.5 Å². The Kier molecular flexibility index (Phi) is 4.26. The fraction of sp³-hybridized carbons (Fsp3) is 0.600. The first kappa shape index (κ1) is 14.5. The summed E-state index contributed by atoms with van der Waals surface area (Å²) in [4.78, 5) is 2.03. The topological polar surface area (TPSA) is 63.9 Å². The van der Waals surface area contributed by atoms with Gasteiger partial charge < -0.3 is 20.2 Å². The largest absolute Gasteiger partial charge is 0.396 e. The zero-order chi connectivity index (χ0) is 14.0. The average molecular weight is 265 g/mol. The predicted molar refractivity (Wildman–Crippen MR) is 73.9 cm³/mol. The Morgan fingerprint density at radius 2 is 1.89 bits per heavy atom. The van der Waals surface area contributed by atoms with E-state index >= 15 is 0 Å². The number of benzene rings is 1. The van der Waals surface area contributed by atoms with Crippen LogP contribution < -0.4 is 0 Å². The quantitative estimate of drug-likeness (QED) is 0.731. The number of nitrogens with zero attached hydrogens (tertiary/aromatic N) is 1. The third kappa shape index (κ3) is 2.19. The van der Waals surface area contributed by atoms with Gasteiger partial charge in [0.25, 0.3) is 0 Å². The number of rotatable bonds is 3. The first-order valence-electron chi connectivity index (χ1n) is 6.73. The third-order valence-corrected chi connectivity index (χ3v) is 4.71. The number of aliphatic hydroxyl groups is 3. The third-order valence-electron chi connectivity index (χ3n) is 4.71. The molecule has 1 aromatic rings. The molecule has 2 rings (SSSR count). The molecule has 3 N–H and O–H groups in total. The average Bonchev–Trinajstić information content (AvgIpc) is 2.46. The van der Waals surface area contributed by atoms with Gasteiger partial charge in [0.15, 0.2) is 0 Å². The summed E-state index contributed by atoms with van der Waals surface area (Å²) in [5.41, 5.74) is 0.103. The minimum Gasteiger partial charge on any atom is -0.396 e. The van der Waals surface area contributed by atoms with E-state index in [1.165, 1.54) is 0 Å². The number of hydrogen-bond acceptors (Lipinski definition) is 4. The van der Waals surface area contributed by atoms with Crippen LogP contribution in [-0.4, -0.2) is 59.2 Å². The Hall–Kier alpha value is -0.940. The van der Waals surface area contributed by atoms with Crippen molar-refractivity contribution >= 4 is 0 Å². The minimum absolute atomic E-state index is 0.0520. The van der Waals surface area contributed by atoms with Crippen LogP contribution in [-0.2, 0) is 5.41 Å². The molecule has 1 heterocycles. The highest BCUT2D eigenvalue weighted by molar-refractivity contribution is 5.31. The van der Waals surface area contributed by atoms with Crippen LogP contribution in [0.25, 0.3) is 0 Å². The van der Waals surface area contributed by atoms with Crippen molar-refractivity contribution < 1.29 is 15.3 Å². The zero-order valence-electron chi connectivity index (χ0n) is 11.5. The van der Waals surface area contributed by atoms with E-state index in [9.17, 15) is 15.3 Å². The smallest absolute Gasteiger partial charge is 0.0815 e. The van der Waals surface area contributed by atoms with Crippen LogP contribution >= 0.6 is 0 Å². The molecule has 0 aliphatic carbocycles. The molecule has 106 valence electrons. The standard InChI is InChI=1S/C15H23NO3/c1-11-14(19)15(10-18,12-6-4-3-5-7-12)13(9-17)8-16(11)2/h3-7,11,13-14,17-19H,8-10H2,1-2H3. The van der Waals surface area contributed by atoms with E-state index in [0.29, 0.717) is 6.54 Å². The van der Waals surface area contributed by atoms with Crippen molar-refractivity contribution in [1.29, 1.82) is 0 Å². The summed E-state index contributed by atoms with van der Waals surface area (Å²) in [7, 11) is 1.93. The van der Waals surface area contributed by atoms with Crippen LogP contribution in [0, 0.1) is 5.92 Å². The second-order valence-electron chi connectivity index (χ2n) is 5.57. The molecule has 4 heteroatoms. The van der Waals surface area contributed by atoms with Gasteiger partial charge >= 0.3 is 0 Å². The lowest BCUT2D eigenvalue weighted by Crippen LogP contribution is -2.64. The molecule has 4 nitrogen and oxygen atoms in total. The number of aliphatic hydroxyl groups excluding tert-OH is 3. The minimum atomic E-state index is -0.790. The fourth-order valence-corrected chi connectivity index (χ4v) is 3.28. The van der Waals surface area contributed by atoms with Gasteiger partial charge in [-0.2, -0.15) is 0 Å². The highest BCUT2D eigenvalue weighted by Crippen LogP contribution is 2.41. The summed E-state index contributed by atoms with van der Waals surface area (Å²) in [6, 6.07) is 9.48. The lowest BCUT2D eigenvalue weighted by Gasteiger charge is -2.52. The van der Waals surface area contributed by atoms with Gasteiger partial charge in [-0.25, -0.2) is 0 Å². The van der Waals surface area contributed by atoms with Crippen LogP contribution in [0.2, 0.25) is 0 Å². The SMILES string of the molecule is CC1C(O)C(CO)(c2ccccc2)C(CO)CN1C. The van der Waals surface area contributed by atoms with Crippen molar-refractivity contribution in [2.75, 3.05) is 26.8 Å². The maximum absolute atomic E-state index is 10.7. The highest BCUT2D eigenvalue weighted by Gasteiger charge is 2.52. The Morgan fingerprint density at radius 3 is 2.42 bits per heavy atom. The van der Waals surface area contributed by atoms with Gasteiger partial charge in [0, 0.05) is 25.1 Å². The second kappa shape index (κ2) is 5.59. The van der Waals surface area contributed by atoms with Crippen molar-refractivity contribution in [2.45, 2.75) is 24.5 Å². The van der Waals surface area contributed by atoms with Crippen LogP contribution in [0.3, 0.4) is 0 Å².